The molecular formula is C27H28F2N4O2S2. The summed E-state index contributed by atoms with van der Waals surface area (Å²) < 4.78 is 32.3. The zero-order valence-corrected chi connectivity index (χ0v) is 21.9. The number of ether oxygens (including phenoxy) is 1. The van der Waals surface area contributed by atoms with E-state index in [9.17, 15) is 13.6 Å². The first kappa shape index (κ1) is 24.8. The van der Waals surface area contributed by atoms with E-state index >= 15 is 0 Å². The molecule has 0 amide bonds. The molecule has 3 aromatic rings. The molecule has 6 rings (SSSR count). The first-order valence-electron chi connectivity index (χ1n) is 12.5. The molecular weight excluding hydrogens is 514 g/mol. The van der Waals surface area contributed by atoms with Crippen LogP contribution in [0, 0.1) is 0 Å². The number of hydrogen-bond donors (Lipinski definition) is 2. The third-order valence-corrected chi connectivity index (χ3v) is 9.45. The lowest BCUT2D eigenvalue weighted by molar-refractivity contribution is 0.0126. The Morgan fingerprint density at radius 1 is 1.00 bits per heavy atom. The predicted octanol–water partition coefficient (Wildman–Crippen LogP) is 5.25. The molecule has 0 unspecified atom stereocenters. The van der Waals surface area contributed by atoms with Gasteiger partial charge in [-0.3, -0.25) is 9.69 Å². The summed E-state index contributed by atoms with van der Waals surface area (Å²) in [6.45, 7) is 4.40. The fourth-order valence-electron chi connectivity index (χ4n) is 4.96. The van der Waals surface area contributed by atoms with Crippen molar-refractivity contribution in [2.24, 2.45) is 0 Å². The lowest BCUT2D eigenvalue weighted by Gasteiger charge is -2.29. The van der Waals surface area contributed by atoms with Crippen LogP contribution in [0.4, 0.5) is 20.2 Å². The van der Waals surface area contributed by atoms with Crippen LogP contribution in [0.15, 0.2) is 72.9 Å². The molecule has 2 saturated heterocycles. The predicted molar refractivity (Wildman–Crippen MR) is 145 cm³/mol. The van der Waals surface area contributed by atoms with Crippen LogP contribution in [0.25, 0.3) is 11.3 Å². The smallest absolute Gasteiger partial charge is 0.261 e. The third-order valence-electron chi connectivity index (χ3n) is 6.86. The molecule has 1 aromatic heterocycles. The minimum Gasteiger partial charge on any atom is -0.384 e. The summed E-state index contributed by atoms with van der Waals surface area (Å²) in [6, 6.07) is 16.2. The first-order chi connectivity index (χ1) is 17.9. The minimum absolute atomic E-state index is 0.0491. The molecule has 3 aliphatic heterocycles. The number of pyridine rings is 1. The first-order valence-corrected chi connectivity index (χ1v) is 14.1. The maximum atomic E-state index is 13.4. The molecule has 0 bridgehead atoms. The van der Waals surface area contributed by atoms with Gasteiger partial charge in [0.2, 0.25) is 5.56 Å². The van der Waals surface area contributed by atoms with E-state index in [-0.39, 0.29) is 18.5 Å². The van der Waals surface area contributed by atoms with Gasteiger partial charge in [-0.25, -0.2) is 8.78 Å². The maximum Gasteiger partial charge on any atom is 0.261 e. The van der Waals surface area contributed by atoms with Crippen LogP contribution < -0.4 is 15.8 Å². The SMILES string of the molecule is O=c1cc(N2CCOCC2)cc(-c2cccc3c2Sc2ccc(NCCN4CCC(F)(F)C4)cc2S3)[nH]1. The molecule has 4 heterocycles. The number of hydrogen-bond acceptors (Lipinski definition) is 7. The lowest BCUT2D eigenvalue weighted by Crippen LogP contribution is -2.36. The second-order valence-electron chi connectivity index (χ2n) is 9.52. The van der Waals surface area contributed by atoms with Crippen LogP contribution in [0.5, 0.6) is 0 Å². The quantitative estimate of drug-likeness (QED) is 0.345. The number of nitrogens with zero attached hydrogens (tertiary/aromatic N) is 2. The Hall–Kier alpha value is -2.53. The van der Waals surface area contributed by atoms with Crippen molar-refractivity contribution in [3.8, 4) is 11.3 Å². The molecule has 2 fully saturated rings. The van der Waals surface area contributed by atoms with Crippen LogP contribution in [-0.4, -0.2) is 68.3 Å². The Kier molecular flexibility index (Phi) is 6.91. The summed E-state index contributed by atoms with van der Waals surface area (Å²) in [5, 5.41) is 3.39. The minimum atomic E-state index is -2.55. The Morgan fingerprint density at radius 2 is 1.86 bits per heavy atom. The van der Waals surface area contributed by atoms with Crippen molar-refractivity contribution >= 4 is 34.9 Å². The van der Waals surface area contributed by atoms with Gasteiger partial charge >= 0.3 is 0 Å². The van der Waals surface area contributed by atoms with Crippen LogP contribution in [-0.2, 0) is 4.74 Å². The van der Waals surface area contributed by atoms with Gasteiger partial charge in [-0.15, -0.1) is 0 Å². The number of alkyl halides is 2. The molecule has 0 saturated carbocycles. The number of benzene rings is 2. The van der Waals surface area contributed by atoms with Crippen molar-refractivity contribution in [2.45, 2.75) is 31.9 Å². The van der Waals surface area contributed by atoms with Gasteiger partial charge in [0.1, 0.15) is 0 Å². The summed E-state index contributed by atoms with van der Waals surface area (Å²) >= 11 is 3.42. The van der Waals surface area contributed by atoms with Crippen molar-refractivity contribution in [2.75, 3.05) is 62.7 Å². The second-order valence-corrected chi connectivity index (χ2v) is 11.7. The van der Waals surface area contributed by atoms with Crippen LogP contribution in [0.3, 0.4) is 0 Å². The molecule has 6 nitrogen and oxygen atoms in total. The Bertz CT molecular complexity index is 1360. The summed E-state index contributed by atoms with van der Waals surface area (Å²) in [4.78, 5) is 24.2. The van der Waals surface area contributed by atoms with Crippen molar-refractivity contribution in [1.82, 2.24) is 9.88 Å². The van der Waals surface area contributed by atoms with E-state index in [1.807, 2.05) is 17.0 Å². The van der Waals surface area contributed by atoms with Gasteiger partial charge < -0.3 is 19.9 Å². The Balaban J connectivity index is 1.19. The number of aromatic nitrogens is 1. The normalized spacial score (nSPS) is 18.9. The molecule has 0 spiro atoms. The van der Waals surface area contributed by atoms with E-state index < -0.39 is 5.92 Å². The number of aromatic amines is 1. The fraction of sp³-hybridized carbons (Fsp3) is 0.370. The monoisotopic (exact) mass is 542 g/mol. The van der Waals surface area contributed by atoms with E-state index in [4.69, 9.17) is 4.74 Å². The molecule has 10 heteroatoms. The molecule has 0 atom stereocenters. The van der Waals surface area contributed by atoms with Crippen LogP contribution >= 0.6 is 23.5 Å². The average molecular weight is 543 g/mol. The van der Waals surface area contributed by atoms with Crippen molar-refractivity contribution < 1.29 is 13.5 Å². The highest BCUT2D eigenvalue weighted by atomic mass is 32.2. The van der Waals surface area contributed by atoms with Crippen molar-refractivity contribution in [1.29, 1.82) is 0 Å². The fourth-order valence-corrected chi connectivity index (χ4v) is 7.37. The standard InChI is InChI=1S/C27H28F2N4O2S2/c28-27(29)6-8-32(17-27)9-7-30-18-4-5-22-24(14-18)36-23-3-1-2-20(26(23)37-22)21-15-19(16-25(34)31-21)33-10-12-35-13-11-33/h1-5,14-16,30H,6-13,17H2,(H,31,34). The van der Waals surface area contributed by atoms with Crippen molar-refractivity contribution in [3.05, 3.63) is 58.9 Å². The summed E-state index contributed by atoms with van der Waals surface area (Å²) in [6.07, 6.45) is -0.0491. The van der Waals surface area contributed by atoms with Crippen molar-refractivity contribution in [3.63, 3.8) is 0 Å². The van der Waals surface area contributed by atoms with Gasteiger partial charge in [0.15, 0.2) is 0 Å². The van der Waals surface area contributed by atoms with Gasteiger partial charge in [-0.05, 0) is 30.3 Å². The number of rotatable bonds is 6. The van der Waals surface area contributed by atoms with Gasteiger partial charge in [0, 0.05) is 81.7 Å². The number of likely N-dealkylation sites (tertiary alicyclic amines) is 1. The number of H-pyrrole nitrogens is 1. The third kappa shape index (κ3) is 5.52. The number of halogens is 2. The molecule has 2 N–H and O–H groups in total. The van der Waals surface area contributed by atoms with E-state index in [2.05, 4.69) is 45.5 Å². The highest BCUT2D eigenvalue weighted by Gasteiger charge is 2.37. The van der Waals surface area contributed by atoms with Gasteiger partial charge in [-0.1, -0.05) is 35.7 Å². The van der Waals surface area contributed by atoms with E-state index in [1.165, 1.54) is 0 Å². The molecule has 0 aliphatic carbocycles. The summed E-state index contributed by atoms with van der Waals surface area (Å²) in [7, 11) is 0. The Labute approximate surface area is 222 Å². The zero-order chi connectivity index (χ0) is 25.4. The largest absolute Gasteiger partial charge is 0.384 e. The van der Waals surface area contributed by atoms with Crippen LogP contribution in [0.2, 0.25) is 0 Å². The summed E-state index contributed by atoms with van der Waals surface area (Å²) in [5.41, 5.74) is 3.62. The van der Waals surface area contributed by atoms with E-state index in [0.29, 0.717) is 32.8 Å². The lowest BCUT2D eigenvalue weighted by atomic mass is 10.1. The molecule has 3 aliphatic rings. The number of nitrogens with one attached hydrogen (secondary N) is 2. The highest BCUT2D eigenvalue weighted by molar-refractivity contribution is 8.05. The Morgan fingerprint density at radius 3 is 2.68 bits per heavy atom. The second kappa shape index (κ2) is 10.3. The summed E-state index contributed by atoms with van der Waals surface area (Å²) in [5.74, 6) is -2.55. The molecule has 37 heavy (non-hydrogen) atoms. The van der Waals surface area contributed by atoms with E-state index in [1.54, 1.807) is 29.6 Å². The van der Waals surface area contributed by atoms with Gasteiger partial charge in [0.25, 0.3) is 5.92 Å². The topological polar surface area (TPSA) is 60.6 Å². The number of morpholine rings is 1. The number of anilines is 2. The molecule has 194 valence electrons. The zero-order valence-electron chi connectivity index (χ0n) is 20.3. The van der Waals surface area contributed by atoms with E-state index in [0.717, 1.165) is 55.3 Å². The number of fused-ring (bicyclic) bond motifs is 2. The maximum absolute atomic E-state index is 13.4. The van der Waals surface area contributed by atoms with Gasteiger partial charge in [-0.2, -0.15) is 0 Å². The highest BCUT2D eigenvalue weighted by Crippen LogP contribution is 2.52. The average Bonchev–Trinajstić information content (AvgIpc) is 3.25. The molecule has 2 aromatic carbocycles. The van der Waals surface area contributed by atoms with Crippen LogP contribution in [0.1, 0.15) is 6.42 Å². The molecule has 0 radical (unpaired) electrons. The van der Waals surface area contributed by atoms with Gasteiger partial charge in [0.05, 0.1) is 25.5 Å².